The summed E-state index contributed by atoms with van der Waals surface area (Å²) in [5.74, 6) is -3.00. The van der Waals surface area contributed by atoms with E-state index in [0.717, 1.165) is 0 Å². The maximum atomic E-state index is 13.2. The second-order valence-corrected chi connectivity index (χ2v) is 6.12. The molecule has 1 fully saturated rings. The third-order valence-electron chi connectivity index (χ3n) is 4.24. The second-order valence-electron chi connectivity index (χ2n) is 6.12. The molecular formula is C18H17F2N5O. The van der Waals surface area contributed by atoms with Gasteiger partial charge in [0.25, 0.3) is 11.8 Å². The summed E-state index contributed by atoms with van der Waals surface area (Å²) in [4.78, 5) is 17.8. The fourth-order valence-corrected chi connectivity index (χ4v) is 2.72. The van der Waals surface area contributed by atoms with Gasteiger partial charge in [0.05, 0.1) is 23.3 Å². The molecule has 26 heavy (non-hydrogen) atoms. The van der Waals surface area contributed by atoms with Crippen molar-refractivity contribution in [2.24, 2.45) is 0 Å². The van der Waals surface area contributed by atoms with Crippen molar-refractivity contribution in [1.29, 1.82) is 5.26 Å². The lowest BCUT2D eigenvalue weighted by molar-refractivity contribution is -0.0494. The number of aromatic nitrogens is 1. The zero-order chi connectivity index (χ0) is 18.7. The molecule has 1 aliphatic heterocycles. The fourth-order valence-electron chi connectivity index (χ4n) is 2.72. The second kappa shape index (κ2) is 6.96. The minimum Gasteiger partial charge on any atom is -0.397 e. The first kappa shape index (κ1) is 17.6. The molecule has 0 unspecified atom stereocenters. The summed E-state index contributed by atoms with van der Waals surface area (Å²) in [6, 6.07) is 9.97. The lowest BCUT2D eigenvalue weighted by Crippen LogP contribution is -2.42. The number of rotatable bonds is 3. The highest BCUT2D eigenvalue weighted by molar-refractivity contribution is 5.96. The lowest BCUT2D eigenvalue weighted by atomic mass is 10.0. The summed E-state index contributed by atoms with van der Waals surface area (Å²) in [5, 5.41) is 11.8. The standard InChI is InChI=1S/C18H17F2N5O/c19-18(20)5-7-25(8-6-18)17(26)12-1-4-16(15(22)9-12)24-14-3-2-13(10-21)23-11-14/h1-4,9,11,24H,5-8,22H2. The van der Waals surface area contributed by atoms with Crippen LogP contribution in [0.4, 0.5) is 25.8 Å². The molecule has 0 saturated carbocycles. The minimum atomic E-state index is -2.70. The molecule has 1 saturated heterocycles. The van der Waals surface area contributed by atoms with E-state index >= 15 is 0 Å². The largest absolute Gasteiger partial charge is 0.397 e. The van der Waals surface area contributed by atoms with E-state index in [-0.39, 0.29) is 31.8 Å². The SMILES string of the molecule is N#Cc1ccc(Nc2ccc(C(=O)N3CCC(F)(F)CC3)cc2N)cn1. The number of nitrogens with zero attached hydrogens (tertiary/aromatic N) is 3. The Bertz CT molecular complexity index is 851. The van der Waals surface area contributed by atoms with E-state index < -0.39 is 5.92 Å². The van der Waals surface area contributed by atoms with Gasteiger partial charge in [-0.1, -0.05) is 0 Å². The Labute approximate surface area is 149 Å². The monoisotopic (exact) mass is 357 g/mol. The van der Waals surface area contributed by atoms with Gasteiger partial charge in [-0.25, -0.2) is 13.8 Å². The maximum Gasteiger partial charge on any atom is 0.253 e. The molecule has 0 bridgehead atoms. The maximum absolute atomic E-state index is 13.2. The number of nitriles is 1. The number of hydrogen-bond acceptors (Lipinski definition) is 5. The Morgan fingerprint density at radius 2 is 2.00 bits per heavy atom. The van der Waals surface area contributed by atoms with Gasteiger partial charge in [0.15, 0.2) is 0 Å². The van der Waals surface area contributed by atoms with Crippen LogP contribution in [0.25, 0.3) is 0 Å². The summed E-state index contributed by atoms with van der Waals surface area (Å²) in [6.45, 7) is 0.0608. The molecule has 0 atom stereocenters. The third kappa shape index (κ3) is 3.88. The molecular weight excluding hydrogens is 340 g/mol. The van der Waals surface area contributed by atoms with E-state index in [1.165, 1.54) is 17.2 Å². The summed E-state index contributed by atoms with van der Waals surface area (Å²) >= 11 is 0. The lowest BCUT2D eigenvalue weighted by Gasteiger charge is -2.31. The Morgan fingerprint density at radius 1 is 1.27 bits per heavy atom. The first-order valence-corrected chi connectivity index (χ1v) is 8.08. The van der Waals surface area contributed by atoms with Crippen LogP contribution in [0.2, 0.25) is 0 Å². The van der Waals surface area contributed by atoms with Crippen molar-refractivity contribution in [2.45, 2.75) is 18.8 Å². The molecule has 3 N–H and O–H groups in total. The van der Waals surface area contributed by atoms with Crippen LogP contribution in [0.3, 0.4) is 0 Å². The van der Waals surface area contributed by atoms with E-state index in [0.29, 0.717) is 28.3 Å². The molecule has 1 aliphatic rings. The Kier molecular flexibility index (Phi) is 4.71. The van der Waals surface area contributed by atoms with Gasteiger partial charge in [-0.2, -0.15) is 5.26 Å². The van der Waals surface area contributed by atoms with Crippen molar-refractivity contribution in [1.82, 2.24) is 9.88 Å². The average molecular weight is 357 g/mol. The quantitative estimate of drug-likeness (QED) is 0.823. The van der Waals surface area contributed by atoms with E-state index in [4.69, 9.17) is 11.0 Å². The number of likely N-dealkylation sites (tertiary alicyclic amines) is 1. The van der Waals surface area contributed by atoms with Crippen molar-refractivity contribution in [3.63, 3.8) is 0 Å². The number of pyridine rings is 1. The van der Waals surface area contributed by atoms with Gasteiger partial charge in [0.1, 0.15) is 11.8 Å². The summed E-state index contributed by atoms with van der Waals surface area (Å²) in [7, 11) is 0. The molecule has 6 nitrogen and oxygen atoms in total. The number of hydrogen-bond donors (Lipinski definition) is 2. The molecule has 2 aromatic rings. The van der Waals surface area contributed by atoms with Crippen LogP contribution in [0.5, 0.6) is 0 Å². The first-order valence-electron chi connectivity index (χ1n) is 8.08. The normalized spacial score (nSPS) is 16.0. The molecule has 8 heteroatoms. The van der Waals surface area contributed by atoms with Gasteiger partial charge < -0.3 is 16.0 Å². The first-order chi connectivity index (χ1) is 12.4. The molecule has 3 rings (SSSR count). The summed E-state index contributed by atoms with van der Waals surface area (Å²) in [6.07, 6.45) is 0.865. The van der Waals surface area contributed by atoms with Gasteiger partial charge >= 0.3 is 0 Å². The van der Waals surface area contributed by atoms with Crippen LogP contribution in [-0.2, 0) is 0 Å². The number of nitrogens with one attached hydrogen (secondary N) is 1. The van der Waals surface area contributed by atoms with Gasteiger partial charge in [0, 0.05) is 31.5 Å². The van der Waals surface area contributed by atoms with Crippen molar-refractivity contribution in [2.75, 3.05) is 24.1 Å². The zero-order valence-electron chi connectivity index (χ0n) is 13.9. The number of halogens is 2. The van der Waals surface area contributed by atoms with E-state index in [1.54, 1.807) is 24.3 Å². The van der Waals surface area contributed by atoms with Crippen molar-refractivity contribution < 1.29 is 13.6 Å². The number of piperidine rings is 1. The molecule has 1 aromatic carbocycles. The molecule has 1 aromatic heterocycles. The number of nitrogen functional groups attached to an aromatic ring is 1. The molecule has 0 spiro atoms. The Morgan fingerprint density at radius 3 is 2.58 bits per heavy atom. The van der Waals surface area contributed by atoms with Crippen LogP contribution >= 0.6 is 0 Å². The van der Waals surface area contributed by atoms with Crippen LogP contribution < -0.4 is 11.1 Å². The van der Waals surface area contributed by atoms with Crippen LogP contribution in [-0.4, -0.2) is 34.8 Å². The van der Waals surface area contributed by atoms with Crippen molar-refractivity contribution in [3.05, 3.63) is 47.8 Å². The van der Waals surface area contributed by atoms with Gasteiger partial charge in [-0.3, -0.25) is 4.79 Å². The number of amides is 1. The van der Waals surface area contributed by atoms with Crippen LogP contribution in [0.15, 0.2) is 36.5 Å². The smallest absolute Gasteiger partial charge is 0.253 e. The number of carbonyl (C=O) groups is 1. The average Bonchev–Trinajstić information content (AvgIpc) is 2.63. The predicted octanol–water partition coefficient (Wildman–Crippen LogP) is 3.15. The number of anilines is 3. The Balaban J connectivity index is 1.70. The third-order valence-corrected chi connectivity index (χ3v) is 4.24. The minimum absolute atomic E-state index is 0.0304. The molecule has 0 radical (unpaired) electrons. The number of nitrogens with two attached hydrogens (primary N) is 1. The fraction of sp³-hybridized carbons (Fsp3) is 0.278. The topological polar surface area (TPSA) is 95.0 Å². The molecule has 1 amide bonds. The number of benzene rings is 1. The number of alkyl halides is 2. The summed E-state index contributed by atoms with van der Waals surface area (Å²) < 4.78 is 26.5. The van der Waals surface area contributed by atoms with Crippen molar-refractivity contribution in [3.8, 4) is 6.07 Å². The number of carbonyl (C=O) groups excluding carboxylic acids is 1. The van der Waals surface area contributed by atoms with E-state index in [9.17, 15) is 13.6 Å². The summed E-state index contributed by atoms with van der Waals surface area (Å²) in [5.41, 5.74) is 8.25. The molecule has 0 aliphatic carbocycles. The van der Waals surface area contributed by atoms with Crippen molar-refractivity contribution >= 4 is 23.0 Å². The highest BCUT2D eigenvalue weighted by Crippen LogP contribution is 2.29. The van der Waals surface area contributed by atoms with E-state index in [1.807, 2.05) is 6.07 Å². The van der Waals surface area contributed by atoms with Gasteiger partial charge in [-0.15, -0.1) is 0 Å². The van der Waals surface area contributed by atoms with Gasteiger partial charge in [0.2, 0.25) is 0 Å². The highest BCUT2D eigenvalue weighted by atomic mass is 19.3. The molecule has 134 valence electrons. The van der Waals surface area contributed by atoms with Crippen LogP contribution in [0.1, 0.15) is 28.9 Å². The Hall–Kier alpha value is -3.21. The zero-order valence-corrected chi connectivity index (χ0v) is 13.9. The highest BCUT2D eigenvalue weighted by Gasteiger charge is 2.35. The van der Waals surface area contributed by atoms with Crippen LogP contribution in [0, 0.1) is 11.3 Å². The van der Waals surface area contributed by atoms with Gasteiger partial charge in [-0.05, 0) is 30.3 Å². The predicted molar refractivity (Wildman–Crippen MR) is 93.2 cm³/mol. The van der Waals surface area contributed by atoms with E-state index in [2.05, 4.69) is 10.3 Å². The molecule has 2 heterocycles.